The molecule has 148 valence electrons. The molecule has 6 nitrogen and oxygen atoms in total. The van der Waals surface area contributed by atoms with Crippen LogP contribution in [0, 0.1) is 0 Å². The van der Waals surface area contributed by atoms with Gasteiger partial charge < -0.3 is 15.1 Å². The molecule has 1 fully saturated rings. The van der Waals surface area contributed by atoms with Crippen molar-refractivity contribution in [2.24, 2.45) is 0 Å². The van der Waals surface area contributed by atoms with Crippen LogP contribution in [0.2, 0.25) is 0 Å². The molecule has 0 bridgehead atoms. The highest BCUT2D eigenvalue weighted by molar-refractivity contribution is 5.94. The normalized spacial score (nSPS) is 14.9. The largest absolute Gasteiger partial charge is 0.346 e. The first-order chi connectivity index (χ1) is 13.5. The number of nitrogens with zero attached hydrogens (tertiary/aromatic N) is 2. The van der Waals surface area contributed by atoms with Crippen LogP contribution in [0.5, 0.6) is 0 Å². The van der Waals surface area contributed by atoms with Crippen LogP contribution in [0.4, 0.5) is 0 Å². The molecule has 2 amide bonds. The fourth-order valence-corrected chi connectivity index (χ4v) is 3.43. The van der Waals surface area contributed by atoms with Crippen molar-refractivity contribution in [3.8, 4) is 0 Å². The molecule has 0 radical (unpaired) electrons. The summed E-state index contributed by atoms with van der Waals surface area (Å²) in [7, 11) is 0. The molecule has 3 rings (SSSR count). The van der Waals surface area contributed by atoms with Gasteiger partial charge in [-0.1, -0.05) is 26.0 Å². The summed E-state index contributed by atoms with van der Waals surface area (Å²) in [5.41, 5.74) is 2.64. The van der Waals surface area contributed by atoms with E-state index in [2.05, 4.69) is 24.1 Å². The molecule has 2 aromatic rings. The Hall–Kier alpha value is -2.73. The molecular weight excluding hydrogens is 352 g/mol. The Labute approximate surface area is 166 Å². The van der Waals surface area contributed by atoms with E-state index in [0.29, 0.717) is 18.0 Å². The van der Waals surface area contributed by atoms with Gasteiger partial charge in [0.2, 0.25) is 0 Å². The van der Waals surface area contributed by atoms with Gasteiger partial charge in [-0.25, -0.2) is 0 Å². The van der Waals surface area contributed by atoms with Crippen molar-refractivity contribution in [2.45, 2.75) is 19.8 Å². The SMILES string of the molecule is CC(C)c1ccc(C(=O)N2CC[NH+](CCNC(=O)c3ccncc3)CC2)cc1. The molecule has 6 heteroatoms. The summed E-state index contributed by atoms with van der Waals surface area (Å²) in [5.74, 6) is 0.510. The minimum absolute atomic E-state index is 0.0690. The van der Waals surface area contributed by atoms with Crippen LogP contribution in [0.15, 0.2) is 48.8 Å². The average Bonchev–Trinajstić information content (AvgIpc) is 2.74. The topological polar surface area (TPSA) is 66.7 Å². The Bertz CT molecular complexity index is 782. The highest BCUT2D eigenvalue weighted by Gasteiger charge is 2.24. The fraction of sp³-hybridized carbons (Fsp3) is 0.409. The Morgan fingerprint density at radius 2 is 1.68 bits per heavy atom. The number of piperazine rings is 1. The Balaban J connectivity index is 1.41. The van der Waals surface area contributed by atoms with Crippen LogP contribution >= 0.6 is 0 Å². The maximum atomic E-state index is 12.7. The van der Waals surface area contributed by atoms with Crippen molar-refractivity contribution < 1.29 is 14.5 Å². The highest BCUT2D eigenvalue weighted by atomic mass is 16.2. The van der Waals surface area contributed by atoms with Gasteiger partial charge in [0.25, 0.3) is 11.8 Å². The van der Waals surface area contributed by atoms with Crippen molar-refractivity contribution in [1.29, 1.82) is 0 Å². The van der Waals surface area contributed by atoms with Crippen molar-refractivity contribution in [3.63, 3.8) is 0 Å². The van der Waals surface area contributed by atoms with E-state index in [1.165, 1.54) is 10.5 Å². The molecule has 2 N–H and O–H groups in total. The second-order valence-electron chi connectivity index (χ2n) is 7.56. The zero-order valence-electron chi connectivity index (χ0n) is 16.6. The molecule has 1 aliphatic rings. The summed E-state index contributed by atoms with van der Waals surface area (Å²) >= 11 is 0. The standard InChI is InChI=1S/C22H28N4O2/c1-17(2)18-3-5-20(6-4-18)22(28)26-15-13-25(14-16-26)12-11-24-21(27)19-7-9-23-10-8-19/h3-10,17H,11-16H2,1-2H3,(H,24,27)/p+1. The van der Waals surface area contributed by atoms with Gasteiger partial charge in [0.15, 0.2) is 0 Å². The van der Waals surface area contributed by atoms with Crippen molar-refractivity contribution in [2.75, 3.05) is 39.3 Å². The van der Waals surface area contributed by atoms with Crippen LogP contribution in [-0.4, -0.2) is 61.0 Å². The lowest BCUT2D eigenvalue weighted by Gasteiger charge is -2.32. The number of pyridine rings is 1. The van der Waals surface area contributed by atoms with Crippen LogP contribution in [0.3, 0.4) is 0 Å². The van der Waals surface area contributed by atoms with E-state index in [4.69, 9.17) is 0 Å². The number of carbonyl (C=O) groups excluding carboxylic acids is 2. The maximum Gasteiger partial charge on any atom is 0.254 e. The number of hydrogen-bond donors (Lipinski definition) is 2. The highest BCUT2D eigenvalue weighted by Crippen LogP contribution is 2.15. The van der Waals surface area contributed by atoms with Gasteiger partial charge in [0.1, 0.15) is 0 Å². The Morgan fingerprint density at radius 3 is 2.29 bits per heavy atom. The summed E-state index contributed by atoms with van der Waals surface area (Å²) in [6.45, 7) is 9.10. The molecule has 0 unspecified atom stereocenters. The average molecular weight is 382 g/mol. The maximum absolute atomic E-state index is 12.7. The molecule has 0 atom stereocenters. The number of rotatable bonds is 6. The predicted molar refractivity (Wildman–Crippen MR) is 109 cm³/mol. The minimum Gasteiger partial charge on any atom is -0.346 e. The van der Waals surface area contributed by atoms with Gasteiger partial charge in [-0.05, 0) is 35.7 Å². The lowest BCUT2D eigenvalue weighted by atomic mass is 10.0. The number of quaternary nitrogens is 1. The van der Waals surface area contributed by atoms with Crippen molar-refractivity contribution in [3.05, 3.63) is 65.5 Å². The lowest BCUT2D eigenvalue weighted by Crippen LogP contribution is -3.15. The van der Waals surface area contributed by atoms with Crippen molar-refractivity contribution in [1.82, 2.24) is 15.2 Å². The number of carbonyl (C=O) groups is 2. The smallest absolute Gasteiger partial charge is 0.254 e. The van der Waals surface area contributed by atoms with E-state index < -0.39 is 0 Å². The van der Waals surface area contributed by atoms with Crippen LogP contribution in [0.1, 0.15) is 46.0 Å². The van der Waals surface area contributed by atoms with Gasteiger partial charge in [-0.3, -0.25) is 14.6 Å². The third kappa shape index (κ3) is 5.16. The molecule has 0 saturated carbocycles. The van der Waals surface area contributed by atoms with Gasteiger partial charge in [-0.15, -0.1) is 0 Å². The molecular formula is C22H29N4O2+. The molecule has 0 aliphatic carbocycles. The third-order valence-corrected chi connectivity index (χ3v) is 5.29. The first-order valence-electron chi connectivity index (χ1n) is 9.95. The van der Waals surface area contributed by atoms with Crippen molar-refractivity contribution >= 4 is 11.8 Å². The van der Waals surface area contributed by atoms with E-state index in [-0.39, 0.29) is 11.8 Å². The van der Waals surface area contributed by atoms with Gasteiger partial charge in [0, 0.05) is 23.5 Å². The predicted octanol–water partition coefficient (Wildman–Crippen LogP) is 0.976. The Morgan fingerprint density at radius 1 is 1.04 bits per heavy atom. The summed E-state index contributed by atoms with van der Waals surface area (Å²) in [6.07, 6.45) is 3.24. The zero-order valence-corrected chi connectivity index (χ0v) is 16.6. The first kappa shape index (κ1) is 20.0. The van der Waals surface area contributed by atoms with E-state index >= 15 is 0 Å². The zero-order chi connectivity index (χ0) is 19.9. The minimum atomic E-state index is -0.0690. The van der Waals surface area contributed by atoms with E-state index in [0.717, 1.165) is 38.3 Å². The fourth-order valence-electron chi connectivity index (χ4n) is 3.43. The number of hydrogen-bond acceptors (Lipinski definition) is 3. The first-order valence-corrected chi connectivity index (χ1v) is 9.95. The second-order valence-corrected chi connectivity index (χ2v) is 7.56. The molecule has 1 saturated heterocycles. The summed E-state index contributed by atoms with van der Waals surface area (Å²) in [4.78, 5) is 32.0. The second kappa shape index (κ2) is 9.46. The molecule has 1 aromatic heterocycles. The van der Waals surface area contributed by atoms with Gasteiger partial charge >= 0.3 is 0 Å². The van der Waals surface area contributed by atoms with Crippen LogP contribution < -0.4 is 10.2 Å². The summed E-state index contributed by atoms with van der Waals surface area (Å²) < 4.78 is 0. The number of aromatic nitrogens is 1. The number of amides is 2. The monoisotopic (exact) mass is 381 g/mol. The van der Waals surface area contributed by atoms with Gasteiger partial charge in [-0.2, -0.15) is 0 Å². The lowest BCUT2D eigenvalue weighted by molar-refractivity contribution is -0.902. The summed E-state index contributed by atoms with van der Waals surface area (Å²) in [5, 5.41) is 2.95. The molecule has 0 spiro atoms. The third-order valence-electron chi connectivity index (χ3n) is 5.29. The molecule has 2 heterocycles. The molecule has 28 heavy (non-hydrogen) atoms. The van der Waals surface area contributed by atoms with E-state index in [1.54, 1.807) is 24.5 Å². The number of nitrogens with one attached hydrogen (secondary N) is 2. The molecule has 1 aliphatic heterocycles. The Kier molecular flexibility index (Phi) is 6.76. The number of benzene rings is 1. The summed E-state index contributed by atoms with van der Waals surface area (Å²) in [6, 6.07) is 11.4. The quantitative estimate of drug-likeness (QED) is 0.784. The van der Waals surface area contributed by atoms with E-state index in [1.807, 2.05) is 29.2 Å². The van der Waals surface area contributed by atoms with Gasteiger partial charge in [0.05, 0.1) is 39.3 Å². The van der Waals surface area contributed by atoms with Crippen LogP contribution in [0.25, 0.3) is 0 Å². The van der Waals surface area contributed by atoms with E-state index in [9.17, 15) is 9.59 Å². The van der Waals surface area contributed by atoms with Crippen LogP contribution in [-0.2, 0) is 0 Å². The molecule has 1 aromatic carbocycles.